The van der Waals surface area contributed by atoms with Crippen molar-refractivity contribution in [3.63, 3.8) is 0 Å². The number of aromatic nitrogens is 1. The molecule has 0 bridgehead atoms. The van der Waals surface area contributed by atoms with Gasteiger partial charge in [0.25, 0.3) is 5.91 Å². The number of amides is 1. The molecule has 0 aliphatic carbocycles. The van der Waals surface area contributed by atoms with Crippen LogP contribution in [0.5, 0.6) is 17.2 Å². The molecule has 0 aliphatic rings. The van der Waals surface area contributed by atoms with Crippen LogP contribution in [0.2, 0.25) is 0 Å². The zero-order chi connectivity index (χ0) is 22.4. The summed E-state index contributed by atoms with van der Waals surface area (Å²) in [5, 5.41) is 6.85. The Hall–Kier alpha value is -3.52. The molecule has 3 aromatic rings. The number of nitrogens with one attached hydrogen (secondary N) is 1. The Morgan fingerprint density at radius 1 is 1.00 bits per heavy atom. The Kier molecular flexibility index (Phi) is 7.15. The molecular formula is C23H27N3O5. The second-order valence-corrected chi connectivity index (χ2v) is 7.11. The summed E-state index contributed by atoms with van der Waals surface area (Å²) in [5.41, 5.74) is 2.02. The van der Waals surface area contributed by atoms with Gasteiger partial charge in [-0.25, -0.2) is 0 Å². The molecule has 31 heavy (non-hydrogen) atoms. The lowest BCUT2D eigenvalue weighted by Crippen LogP contribution is -2.34. The number of ether oxygens (including phenoxy) is 3. The van der Waals surface area contributed by atoms with E-state index in [-0.39, 0.29) is 17.6 Å². The predicted octanol–water partition coefficient (Wildman–Crippen LogP) is 3.40. The van der Waals surface area contributed by atoms with E-state index < -0.39 is 0 Å². The van der Waals surface area contributed by atoms with Gasteiger partial charge in [0.05, 0.1) is 27.4 Å². The van der Waals surface area contributed by atoms with Gasteiger partial charge in [-0.3, -0.25) is 4.79 Å². The number of likely N-dealkylation sites (N-methyl/N-ethyl adjacent to an activating group) is 1. The Balaban J connectivity index is 1.70. The summed E-state index contributed by atoms with van der Waals surface area (Å²) in [7, 11) is 8.70. The molecule has 0 saturated heterocycles. The van der Waals surface area contributed by atoms with E-state index in [0.29, 0.717) is 23.8 Å². The minimum Gasteiger partial charge on any atom is -0.497 e. The lowest BCUT2D eigenvalue weighted by molar-refractivity contribution is 0.0933. The monoisotopic (exact) mass is 425 g/mol. The largest absolute Gasteiger partial charge is 0.497 e. The van der Waals surface area contributed by atoms with Crippen molar-refractivity contribution in [2.24, 2.45) is 0 Å². The summed E-state index contributed by atoms with van der Waals surface area (Å²) in [5.74, 6) is 2.24. The first-order chi connectivity index (χ1) is 15.0. The van der Waals surface area contributed by atoms with Crippen LogP contribution in [0, 0.1) is 0 Å². The van der Waals surface area contributed by atoms with E-state index >= 15 is 0 Å². The highest BCUT2D eigenvalue weighted by atomic mass is 16.5. The first kappa shape index (κ1) is 22.2. The second-order valence-electron chi connectivity index (χ2n) is 7.11. The van der Waals surface area contributed by atoms with E-state index in [0.717, 1.165) is 16.9 Å². The summed E-state index contributed by atoms with van der Waals surface area (Å²) in [4.78, 5) is 14.7. The zero-order valence-corrected chi connectivity index (χ0v) is 18.3. The topological polar surface area (TPSA) is 86.1 Å². The van der Waals surface area contributed by atoms with Crippen molar-refractivity contribution in [1.29, 1.82) is 0 Å². The van der Waals surface area contributed by atoms with Crippen LogP contribution in [-0.2, 0) is 0 Å². The highest BCUT2D eigenvalue weighted by Gasteiger charge is 2.20. The summed E-state index contributed by atoms with van der Waals surface area (Å²) in [6, 6.07) is 14.6. The van der Waals surface area contributed by atoms with Crippen molar-refractivity contribution in [3.8, 4) is 28.6 Å². The number of benzene rings is 2. The molecule has 8 nitrogen and oxygen atoms in total. The van der Waals surface area contributed by atoms with E-state index in [1.165, 1.54) is 0 Å². The second kappa shape index (κ2) is 9.99. The fourth-order valence-corrected chi connectivity index (χ4v) is 3.21. The molecule has 1 heterocycles. The van der Waals surface area contributed by atoms with Crippen LogP contribution < -0.4 is 19.5 Å². The summed E-state index contributed by atoms with van der Waals surface area (Å²) >= 11 is 0. The molecular weight excluding hydrogens is 398 g/mol. The predicted molar refractivity (Wildman–Crippen MR) is 117 cm³/mol. The molecule has 0 aliphatic heterocycles. The SMILES string of the molecule is COc1ccc(-c2cc(C(=O)NCC(c3ccc(OC)c(OC)c3)N(C)C)no2)cc1. The van der Waals surface area contributed by atoms with E-state index in [1.54, 1.807) is 27.4 Å². The maximum atomic E-state index is 12.7. The molecule has 8 heteroatoms. The van der Waals surface area contributed by atoms with Gasteiger partial charge in [0.2, 0.25) is 0 Å². The zero-order valence-electron chi connectivity index (χ0n) is 18.3. The molecule has 1 amide bonds. The number of hydrogen-bond acceptors (Lipinski definition) is 7. The highest BCUT2D eigenvalue weighted by Crippen LogP contribution is 2.31. The maximum absolute atomic E-state index is 12.7. The minimum absolute atomic E-state index is 0.0725. The van der Waals surface area contributed by atoms with Gasteiger partial charge in [0.15, 0.2) is 23.0 Å². The van der Waals surface area contributed by atoms with Crippen molar-refractivity contribution >= 4 is 5.91 Å². The molecule has 2 aromatic carbocycles. The maximum Gasteiger partial charge on any atom is 0.273 e. The summed E-state index contributed by atoms with van der Waals surface area (Å²) in [6.07, 6.45) is 0. The van der Waals surface area contributed by atoms with E-state index in [9.17, 15) is 4.79 Å². The molecule has 0 fully saturated rings. The normalized spacial score (nSPS) is 11.8. The van der Waals surface area contributed by atoms with Crippen molar-refractivity contribution in [2.45, 2.75) is 6.04 Å². The molecule has 1 aromatic heterocycles. The van der Waals surface area contributed by atoms with Gasteiger partial charge >= 0.3 is 0 Å². The smallest absolute Gasteiger partial charge is 0.273 e. The quantitative estimate of drug-likeness (QED) is 0.562. The molecule has 0 saturated carbocycles. The van der Waals surface area contributed by atoms with Crippen molar-refractivity contribution < 1.29 is 23.5 Å². The van der Waals surface area contributed by atoms with Gasteiger partial charge in [-0.1, -0.05) is 11.2 Å². The first-order valence-electron chi connectivity index (χ1n) is 9.74. The fourth-order valence-electron chi connectivity index (χ4n) is 3.21. The number of carbonyl (C=O) groups excluding carboxylic acids is 1. The van der Waals surface area contributed by atoms with Gasteiger partial charge in [-0.05, 0) is 56.1 Å². The molecule has 0 radical (unpaired) electrons. The average Bonchev–Trinajstić information content (AvgIpc) is 3.29. The number of hydrogen-bond donors (Lipinski definition) is 1. The Labute approximate surface area is 181 Å². The van der Waals surface area contributed by atoms with Gasteiger partial charge in [-0.15, -0.1) is 0 Å². The van der Waals surface area contributed by atoms with Crippen LogP contribution >= 0.6 is 0 Å². The number of methoxy groups -OCH3 is 3. The first-order valence-corrected chi connectivity index (χ1v) is 9.74. The van der Waals surface area contributed by atoms with Gasteiger partial charge in [0, 0.05) is 18.2 Å². The van der Waals surface area contributed by atoms with Crippen LogP contribution in [0.3, 0.4) is 0 Å². The highest BCUT2D eigenvalue weighted by molar-refractivity contribution is 5.93. The number of nitrogens with zero attached hydrogens (tertiary/aromatic N) is 2. The van der Waals surface area contributed by atoms with Crippen molar-refractivity contribution in [2.75, 3.05) is 42.0 Å². The summed E-state index contributed by atoms with van der Waals surface area (Å²) in [6.45, 7) is 0.381. The van der Waals surface area contributed by atoms with E-state index in [1.807, 2.05) is 61.5 Å². The van der Waals surface area contributed by atoms with Crippen LogP contribution in [-0.4, -0.2) is 57.9 Å². The lowest BCUT2D eigenvalue weighted by Gasteiger charge is -2.25. The molecule has 0 spiro atoms. The Morgan fingerprint density at radius 2 is 1.71 bits per heavy atom. The van der Waals surface area contributed by atoms with Crippen LogP contribution in [0.1, 0.15) is 22.1 Å². The third kappa shape index (κ3) is 5.16. The third-order valence-corrected chi connectivity index (χ3v) is 4.99. The molecule has 1 unspecified atom stereocenters. The van der Waals surface area contributed by atoms with Crippen LogP contribution in [0.15, 0.2) is 53.1 Å². The molecule has 1 N–H and O–H groups in total. The third-order valence-electron chi connectivity index (χ3n) is 4.99. The van der Waals surface area contributed by atoms with Gasteiger partial charge in [-0.2, -0.15) is 0 Å². The van der Waals surface area contributed by atoms with Crippen molar-refractivity contribution in [1.82, 2.24) is 15.4 Å². The summed E-state index contributed by atoms with van der Waals surface area (Å²) < 4.78 is 21.2. The van der Waals surface area contributed by atoms with Gasteiger partial charge in [0.1, 0.15) is 5.75 Å². The number of carbonyl (C=O) groups is 1. The molecule has 164 valence electrons. The molecule has 1 atom stereocenters. The standard InChI is InChI=1S/C23H27N3O5/c1-26(2)19(16-8-11-20(29-4)22(12-16)30-5)14-24-23(27)18-13-21(31-25-18)15-6-9-17(28-3)10-7-15/h6-13,19H,14H2,1-5H3,(H,24,27). The molecule has 3 rings (SSSR count). The Bertz CT molecular complexity index is 1010. The number of rotatable bonds is 9. The fraction of sp³-hybridized carbons (Fsp3) is 0.304. The van der Waals surface area contributed by atoms with E-state index in [4.69, 9.17) is 18.7 Å². The minimum atomic E-state index is -0.309. The van der Waals surface area contributed by atoms with Crippen LogP contribution in [0.4, 0.5) is 0 Å². The Morgan fingerprint density at radius 3 is 2.32 bits per heavy atom. The van der Waals surface area contributed by atoms with Crippen LogP contribution in [0.25, 0.3) is 11.3 Å². The van der Waals surface area contributed by atoms with E-state index in [2.05, 4.69) is 10.5 Å². The van der Waals surface area contributed by atoms with Crippen molar-refractivity contribution in [3.05, 3.63) is 59.8 Å². The van der Waals surface area contributed by atoms with Gasteiger partial charge < -0.3 is 29.0 Å². The average molecular weight is 425 g/mol. The lowest BCUT2D eigenvalue weighted by atomic mass is 10.0.